The minimum absolute atomic E-state index is 0.107. The number of nitrogens with zero attached hydrogens (tertiary/aromatic N) is 2. The molecule has 1 fully saturated rings. The first kappa shape index (κ1) is 15.3. The lowest BCUT2D eigenvalue weighted by Crippen LogP contribution is -2.25. The summed E-state index contributed by atoms with van der Waals surface area (Å²) >= 11 is 6.16. The van der Waals surface area contributed by atoms with E-state index in [1.54, 1.807) is 12.1 Å². The van der Waals surface area contributed by atoms with Crippen LogP contribution in [0, 0.1) is 21.4 Å². The Morgan fingerprint density at radius 1 is 1.45 bits per heavy atom. The molecule has 5 heteroatoms. The van der Waals surface area contributed by atoms with Crippen LogP contribution in [0.1, 0.15) is 32.8 Å². The van der Waals surface area contributed by atoms with Crippen LogP contribution in [-0.4, -0.2) is 22.9 Å². The molecule has 1 atom stereocenters. The van der Waals surface area contributed by atoms with Gasteiger partial charge in [-0.05, 0) is 35.9 Å². The summed E-state index contributed by atoms with van der Waals surface area (Å²) in [6.45, 7) is 9.54. The Balaban J connectivity index is 2.08. The fourth-order valence-corrected chi connectivity index (χ4v) is 2.90. The largest absolute Gasteiger partial charge is 0.299 e. The maximum atomic E-state index is 10.8. The first-order valence-electron chi connectivity index (χ1n) is 6.92. The highest BCUT2D eigenvalue weighted by Gasteiger charge is 2.31. The summed E-state index contributed by atoms with van der Waals surface area (Å²) in [5, 5.41) is 11.4. The highest BCUT2D eigenvalue weighted by Crippen LogP contribution is 2.34. The molecule has 110 valence electrons. The molecular formula is C15H21ClN2O2. The van der Waals surface area contributed by atoms with Crippen molar-refractivity contribution in [2.45, 2.75) is 33.7 Å². The minimum Gasteiger partial charge on any atom is -0.299 e. The molecule has 0 aromatic heterocycles. The third kappa shape index (κ3) is 3.49. The molecule has 1 aliphatic heterocycles. The van der Waals surface area contributed by atoms with Crippen LogP contribution >= 0.6 is 11.6 Å². The van der Waals surface area contributed by atoms with Crippen LogP contribution < -0.4 is 0 Å². The fourth-order valence-electron chi connectivity index (χ4n) is 2.72. The molecule has 1 aliphatic rings. The lowest BCUT2D eigenvalue weighted by atomic mass is 9.80. The van der Waals surface area contributed by atoms with Crippen molar-refractivity contribution in [1.29, 1.82) is 0 Å². The van der Waals surface area contributed by atoms with Crippen LogP contribution in [-0.2, 0) is 6.54 Å². The van der Waals surface area contributed by atoms with Gasteiger partial charge in [-0.1, -0.05) is 32.4 Å². The number of benzene rings is 1. The second kappa shape index (κ2) is 5.70. The van der Waals surface area contributed by atoms with Crippen molar-refractivity contribution in [3.63, 3.8) is 0 Å². The lowest BCUT2D eigenvalue weighted by molar-refractivity contribution is -0.384. The third-order valence-electron chi connectivity index (χ3n) is 4.13. The van der Waals surface area contributed by atoms with Crippen molar-refractivity contribution in [3.05, 3.63) is 38.9 Å². The molecule has 4 nitrogen and oxygen atoms in total. The molecule has 1 aromatic rings. The van der Waals surface area contributed by atoms with Gasteiger partial charge in [-0.25, -0.2) is 0 Å². The number of likely N-dealkylation sites (tertiary alicyclic amines) is 1. The molecule has 0 aliphatic carbocycles. The van der Waals surface area contributed by atoms with Gasteiger partial charge in [0.05, 0.1) is 4.92 Å². The Morgan fingerprint density at radius 2 is 2.15 bits per heavy atom. The molecule has 0 saturated carbocycles. The van der Waals surface area contributed by atoms with E-state index in [-0.39, 0.29) is 10.6 Å². The van der Waals surface area contributed by atoms with Gasteiger partial charge in [0.1, 0.15) is 0 Å². The maximum Gasteiger partial charge on any atom is 0.269 e. The van der Waals surface area contributed by atoms with E-state index in [1.165, 1.54) is 12.5 Å². The molecule has 1 heterocycles. The van der Waals surface area contributed by atoms with Crippen LogP contribution in [0.4, 0.5) is 5.69 Å². The van der Waals surface area contributed by atoms with Crippen molar-refractivity contribution in [3.8, 4) is 0 Å². The summed E-state index contributed by atoms with van der Waals surface area (Å²) in [6.07, 6.45) is 1.18. The van der Waals surface area contributed by atoms with E-state index in [9.17, 15) is 10.1 Å². The average molecular weight is 297 g/mol. The van der Waals surface area contributed by atoms with E-state index < -0.39 is 0 Å². The smallest absolute Gasteiger partial charge is 0.269 e. The van der Waals surface area contributed by atoms with Gasteiger partial charge in [0.25, 0.3) is 5.69 Å². The molecule has 1 saturated heterocycles. The van der Waals surface area contributed by atoms with Gasteiger partial charge < -0.3 is 0 Å². The topological polar surface area (TPSA) is 46.4 Å². The first-order chi connectivity index (χ1) is 9.27. The van der Waals surface area contributed by atoms with Crippen molar-refractivity contribution in [2.75, 3.05) is 13.1 Å². The fraction of sp³-hybridized carbons (Fsp3) is 0.600. The zero-order valence-corrected chi connectivity index (χ0v) is 13.0. The maximum absolute atomic E-state index is 10.8. The Labute approximate surface area is 124 Å². The van der Waals surface area contributed by atoms with E-state index in [2.05, 4.69) is 25.7 Å². The monoisotopic (exact) mass is 296 g/mol. The molecular weight excluding hydrogens is 276 g/mol. The number of non-ortho nitro benzene ring substituents is 1. The summed E-state index contributed by atoms with van der Waals surface area (Å²) in [4.78, 5) is 12.8. The second-order valence-corrected chi connectivity index (χ2v) is 7.03. The summed E-state index contributed by atoms with van der Waals surface area (Å²) in [5.74, 6) is 0.667. The predicted octanol–water partition coefficient (Wildman–Crippen LogP) is 4.12. The zero-order chi connectivity index (χ0) is 14.9. The van der Waals surface area contributed by atoms with Crippen molar-refractivity contribution in [2.24, 2.45) is 11.3 Å². The van der Waals surface area contributed by atoms with Gasteiger partial charge in [0.15, 0.2) is 0 Å². The Hall–Kier alpha value is -1.13. The number of hydrogen-bond acceptors (Lipinski definition) is 3. The number of nitro groups is 1. The van der Waals surface area contributed by atoms with Crippen LogP contribution in [0.2, 0.25) is 5.02 Å². The van der Waals surface area contributed by atoms with E-state index in [1.807, 2.05) is 0 Å². The van der Waals surface area contributed by atoms with Crippen molar-refractivity contribution >= 4 is 17.3 Å². The number of rotatable bonds is 3. The van der Waals surface area contributed by atoms with Crippen LogP contribution in [0.5, 0.6) is 0 Å². The molecule has 0 N–H and O–H groups in total. The Kier molecular flexibility index (Phi) is 4.35. The molecule has 1 aromatic carbocycles. The normalized spacial score (nSPS) is 20.3. The summed E-state index contributed by atoms with van der Waals surface area (Å²) in [6, 6.07) is 4.66. The van der Waals surface area contributed by atoms with E-state index in [0.29, 0.717) is 22.9 Å². The molecule has 1 unspecified atom stereocenters. The van der Waals surface area contributed by atoms with Gasteiger partial charge in [-0.15, -0.1) is 0 Å². The lowest BCUT2D eigenvalue weighted by Gasteiger charge is -2.27. The summed E-state index contributed by atoms with van der Waals surface area (Å²) < 4.78 is 0. The molecule has 0 spiro atoms. The van der Waals surface area contributed by atoms with E-state index in [4.69, 9.17) is 11.6 Å². The minimum atomic E-state index is -0.373. The first-order valence-corrected chi connectivity index (χ1v) is 7.30. The average Bonchev–Trinajstić information content (AvgIpc) is 2.80. The van der Waals surface area contributed by atoms with Gasteiger partial charge in [-0.3, -0.25) is 15.0 Å². The Bertz CT molecular complexity index is 511. The SMILES string of the molecule is CC(C)(C)C1CCN(Cc2cc([N+](=O)[O-])ccc2Cl)C1. The van der Waals surface area contributed by atoms with Crippen molar-refractivity contribution < 1.29 is 4.92 Å². The predicted molar refractivity (Wildman–Crippen MR) is 80.9 cm³/mol. The summed E-state index contributed by atoms with van der Waals surface area (Å²) in [5.41, 5.74) is 1.26. The van der Waals surface area contributed by atoms with Crippen LogP contribution in [0.25, 0.3) is 0 Å². The molecule has 0 bridgehead atoms. The number of hydrogen-bond donors (Lipinski definition) is 0. The zero-order valence-electron chi connectivity index (χ0n) is 12.2. The van der Waals surface area contributed by atoms with Gasteiger partial charge in [0.2, 0.25) is 0 Å². The highest BCUT2D eigenvalue weighted by atomic mass is 35.5. The van der Waals surface area contributed by atoms with Crippen molar-refractivity contribution in [1.82, 2.24) is 4.90 Å². The molecule has 0 amide bonds. The second-order valence-electron chi connectivity index (χ2n) is 6.62. The quantitative estimate of drug-likeness (QED) is 0.623. The van der Waals surface area contributed by atoms with Crippen LogP contribution in [0.15, 0.2) is 18.2 Å². The number of halogens is 1. The van der Waals surface area contributed by atoms with Gasteiger partial charge in [-0.2, -0.15) is 0 Å². The molecule has 2 rings (SSSR count). The highest BCUT2D eigenvalue weighted by molar-refractivity contribution is 6.31. The Morgan fingerprint density at radius 3 is 2.70 bits per heavy atom. The van der Waals surface area contributed by atoms with Crippen LogP contribution in [0.3, 0.4) is 0 Å². The third-order valence-corrected chi connectivity index (χ3v) is 4.50. The van der Waals surface area contributed by atoms with E-state index in [0.717, 1.165) is 18.7 Å². The summed E-state index contributed by atoms with van der Waals surface area (Å²) in [7, 11) is 0. The van der Waals surface area contributed by atoms with Gasteiger partial charge in [0, 0.05) is 30.2 Å². The molecule has 0 radical (unpaired) electrons. The standard InChI is InChI=1S/C15H21ClN2O2/c1-15(2,3)12-6-7-17(10-12)9-11-8-13(18(19)20)4-5-14(11)16/h4-5,8,12H,6-7,9-10H2,1-3H3. The molecule has 20 heavy (non-hydrogen) atoms. The van der Waals surface area contributed by atoms with E-state index >= 15 is 0 Å². The number of nitro benzene ring substituents is 1. The van der Waals surface area contributed by atoms with Gasteiger partial charge >= 0.3 is 0 Å².